The molecule has 0 bridgehead atoms. The van der Waals surface area contributed by atoms with Gasteiger partial charge in [-0.25, -0.2) is 27.5 Å². The summed E-state index contributed by atoms with van der Waals surface area (Å²) in [6.07, 6.45) is 0. The van der Waals surface area contributed by atoms with Crippen LogP contribution in [0.25, 0.3) is 0 Å². The molecule has 4 N–H and O–H groups in total. The lowest BCUT2D eigenvalue weighted by Gasteiger charge is -2.06. The Morgan fingerprint density at radius 3 is 1.38 bits per heavy atom. The lowest BCUT2D eigenvalue weighted by molar-refractivity contribution is 0.312. The van der Waals surface area contributed by atoms with Gasteiger partial charge < -0.3 is 20.9 Å². The second-order valence-electron chi connectivity index (χ2n) is 5.92. The van der Waals surface area contributed by atoms with E-state index in [1.807, 2.05) is 0 Å². The van der Waals surface area contributed by atoms with Crippen LogP contribution in [0.1, 0.15) is 30.6 Å². The van der Waals surface area contributed by atoms with Crippen molar-refractivity contribution in [2.75, 3.05) is 13.2 Å². The van der Waals surface area contributed by atoms with Crippen LogP contribution >= 0.6 is 0 Å². The van der Waals surface area contributed by atoms with Crippen LogP contribution in [0.4, 0.5) is 17.6 Å². The van der Waals surface area contributed by atoms with E-state index in [2.05, 4.69) is 9.98 Å². The first-order valence-corrected chi connectivity index (χ1v) is 8.15. The van der Waals surface area contributed by atoms with Gasteiger partial charge in [-0.2, -0.15) is 0 Å². The third-order valence-corrected chi connectivity index (χ3v) is 3.99. The Bertz CT molecular complexity index is 861. The smallest absolute Gasteiger partial charge is 0.282 e. The predicted octanol–water partition coefficient (Wildman–Crippen LogP) is 3.34. The van der Waals surface area contributed by atoms with Crippen molar-refractivity contribution in [3.8, 4) is 0 Å². The second kappa shape index (κ2) is 9.26. The Morgan fingerprint density at radius 1 is 0.724 bits per heavy atom. The number of hydrogen-bond donors (Lipinski definition) is 2. The molecule has 156 valence electrons. The first kappa shape index (κ1) is 22.0. The zero-order chi connectivity index (χ0) is 20.3. The quantitative estimate of drug-likeness (QED) is 0.740. The van der Waals surface area contributed by atoms with Crippen molar-refractivity contribution in [3.63, 3.8) is 0 Å². The first-order chi connectivity index (χ1) is 13.3. The lowest BCUT2D eigenvalue weighted by atomic mass is 10.1. The van der Waals surface area contributed by atoms with Gasteiger partial charge in [0.15, 0.2) is 0 Å². The molecule has 2 atom stereocenters. The largest absolute Gasteiger partial charge is 0.463 e. The van der Waals surface area contributed by atoms with Crippen LogP contribution < -0.4 is 11.5 Å². The number of rotatable bonds is 2. The normalized spacial score (nSPS) is 19.7. The van der Waals surface area contributed by atoms with Crippen LogP contribution in [0.5, 0.6) is 0 Å². The highest BCUT2D eigenvalue weighted by molar-refractivity contribution is 5.73. The van der Waals surface area contributed by atoms with Gasteiger partial charge in [-0.3, -0.25) is 0 Å². The summed E-state index contributed by atoms with van der Waals surface area (Å²) in [5.41, 5.74) is 11.1. The molecule has 0 amide bonds. The molecule has 0 radical (unpaired) electrons. The van der Waals surface area contributed by atoms with E-state index in [0.717, 1.165) is 12.1 Å². The topological polar surface area (TPSA) is 95.2 Å². The second-order valence-corrected chi connectivity index (χ2v) is 5.92. The van der Waals surface area contributed by atoms with E-state index in [0.29, 0.717) is 11.1 Å². The van der Waals surface area contributed by atoms with Crippen molar-refractivity contribution < 1.29 is 27.0 Å². The Kier molecular flexibility index (Phi) is 7.03. The van der Waals surface area contributed by atoms with E-state index < -0.39 is 35.4 Å². The average molecular weight is 412 g/mol. The molecular weight excluding hydrogens is 392 g/mol. The summed E-state index contributed by atoms with van der Waals surface area (Å²) in [6, 6.07) is 5.86. The fraction of sp³-hybridized carbons (Fsp3) is 0.263. The number of nitrogens with two attached hydrogens (primary N) is 2. The minimum absolute atomic E-state index is 0. The maximum Gasteiger partial charge on any atom is 0.282 e. The molecular formula is C19H20F4N4O2. The van der Waals surface area contributed by atoms with Crippen molar-refractivity contribution in [1.29, 1.82) is 0 Å². The Labute approximate surface area is 164 Å². The summed E-state index contributed by atoms with van der Waals surface area (Å²) in [4.78, 5) is 7.72. The summed E-state index contributed by atoms with van der Waals surface area (Å²) < 4.78 is 61.4. The molecule has 0 unspecified atom stereocenters. The Morgan fingerprint density at radius 2 is 1.10 bits per heavy atom. The van der Waals surface area contributed by atoms with E-state index in [4.69, 9.17) is 20.9 Å². The SMILES string of the molecule is C.NC1=N[C@@H](c2ccc(F)cc2F)CO1.NC1=N[C@H](c2ccc(F)cc2F)CO1. The van der Waals surface area contributed by atoms with Gasteiger partial charge in [-0.1, -0.05) is 19.6 Å². The molecule has 0 aliphatic carbocycles. The van der Waals surface area contributed by atoms with E-state index in [9.17, 15) is 17.6 Å². The summed E-state index contributed by atoms with van der Waals surface area (Å²) in [6.45, 7) is 0.406. The number of hydrogen-bond acceptors (Lipinski definition) is 6. The summed E-state index contributed by atoms with van der Waals surface area (Å²) >= 11 is 0. The fourth-order valence-corrected chi connectivity index (χ4v) is 2.65. The van der Waals surface area contributed by atoms with Gasteiger partial charge in [0.25, 0.3) is 12.0 Å². The third-order valence-electron chi connectivity index (χ3n) is 3.99. The minimum atomic E-state index is -0.628. The number of amidine groups is 2. The van der Waals surface area contributed by atoms with Crippen LogP contribution in [0, 0.1) is 23.3 Å². The van der Waals surface area contributed by atoms with Crippen LogP contribution in [0.15, 0.2) is 46.4 Å². The predicted molar refractivity (Wildman–Crippen MR) is 100 cm³/mol. The molecule has 2 aromatic rings. The first-order valence-electron chi connectivity index (χ1n) is 8.15. The van der Waals surface area contributed by atoms with Crippen LogP contribution in [-0.2, 0) is 9.47 Å². The van der Waals surface area contributed by atoms with Crippen molar-refractivity contribution in [2.24, 2.45) is 21.5 Å². The summed E-state index contributed by atoms with van der Waals surface area (Å²) in [5, 5.41) is 0. The number of nitrogens with zero attached hydrogens (tertiary/aromatic N) is 2. The van der Waals surface area contributed by atoms with Gasteiger partial charge in [-0.05, 0) is 12.1 Å². The lowest BCUT2D eigenvalue weighted by Crippen LogP contribution is -2.10. The number of halogens is 4. The summed E-state index contributed by atoms with van der Waals surface area (Å²) in [5.74, 6) is -2.47. The Balaban J connectivity index is 0.000000200. The molecule has 2 aromatic carbocycles. The van der Waals surface area contributed by atoms with Crippen LogP contribution in [0.2, 0.25) is 0 Å². The monoisotopic (exact) mass is 412 g/mol. The van der Waals surface area contributed by atoms with Crippen molar-refractivity contribution in [3.05, 3.63) is 70.8 Å². The molecule has 4 rings (SSSR count). The molecule has 0 aromatic heterocycles. The van der Waals surface area contributed by atoms with Crippen molar-refractivity contribution >= 4 is 12.0 Å². The van der Waals surface area contributed by atoms with Gasteiger partial charge in [0.2, 0.25) is 0 Å². The van der Waals surface area contributed by atoms with Crippen molar-refractivity contribution in [2.45, 2.75) is 19.5 Å². The van der Waals surface area contributed by atoms with E-state index in [1.165, 1.54) is 24.3 Å². The molecule has 2 aliphatic rings. The van der Waals surface area contributed by atoms with Crippen molar-refractivity contribution in [1.82, 2.24) is 0 Å². The van der Waals surface area contributed by atoms with E-state index >= 15 is 0 Å². The van der Waals surface area contributed by atoms with Gasteiger partial charge in [-0.15, -0.1) is 0 Å². The van der Waals surface area contributed by atoms with E-state index in [-0.39, 0.29) is 32.7 Å². The fourth-order valence-electron chi connectivity index (χ4n) is 2.65. The third kappa shape index (κ3) is 5.37. The number of ether oxygens (including phenoxy) is 2. The highest BCUT2D eigenvalue weighted by Gasteiger charge is 2.22. The molecule has 0 fully saturated rings. The van der Waals surface area contributed by atoms with Crippen LogP contribution in [-0.4, -0.2) is 25.3 Å². The molecule has 10 heteroatoms. The zero-order valence-electron chi connectivity index (χ0n) is 14.4. The maximum atomic E-state index is 13.2. The molecule has 0 saturated heterocycles. The Hall–Kier alpha value is -3.30. The molecule has 0 saturated carbocycles. The molecule has 29 heavy (non-hydrogen) atoms. The highest BCUT2D eigenvalue weighted by Crippen LogP contribution is 2.25. The molecule has 2 aliphatic heterocycles. The average Bonchev–Trinajstić information content (AvgIpc) is 3.24. The highest BCUT2D eigenvalue weighted by atomic mass is 19.1. The number of aliphatic imine (C=N–C) groups is 2. The standard InChI is InChI=1S/2C9H8F2N2O.CH4/c2*10-5-1-2-6(7(11)3-5)8-4-14-9(12)13-8;/h2*1-3,8H,4H2,(H2,12,13);1H4/t2*8-;/m10./s1. The molecule has 2 heterocycles. The van der Waals surface area contributed by atoms with Gasteiger partial charge >= 0.3 is 0 Å². The van der Waals surface area contributed by atoms with Crippen LogP contribution in [0.3, 0.4) is 0 Å². The summed E-state index contributed by atoms with van der Waals surface area (Å²) in [7, 11) is 0. The minimum Gasteiger partial charge on any atom is -0.463 e. The van der Waals surface area contributed by atoms with E-state index in [1.54, 1.807) is 0 Å². The number of benzene rings is 2. The van der Waals surface area contributed by atoms with Gasteiger partial charge in [0, 0.05) is 23.3 Å². The molecule has 0 spiro atoms. The zero-order valence-corrected chi connectivity index (χ0v) is 14.4. The molecule has 6 nitrogen and oxygen atoms in total. The van der Waals surface area contributed by atoms with Gasteiger partial charge in [0.05, 0.1) is 0 Å². The maximum absolute atomic E-state index is 13.2. The van der Waals surface area contributed by atoms with Gasteiger partial charge in [0.1, 0.15) is 48.6 Å².